The molecule has 0 bridgehead atoms. The van der Waals surface area contributed by atoms with E-state index >= 15 is 0 Å². The van der Waals surface area contributed by atoms with Crippen LogP contribution in [-0.4, -0.2) is 9.55 Å². The lowest BCUT2D eigenvalue weighted by Crippen LogP contribution is -2.35. The molecule has 2 aromatic carbocycles. The van der Waals surface area contributed by atoms with Crippen LogP contribution in [0.1, 0.15) is 16.8 Å². The maximum absolute atomic E-state index is 13.5. The molecule has 0 amide bonds. The Morgan fingerprint density at radius 1 is 1.00 bits per heavy atom. The number of nitrogens with zero attached hydrogens (tertiary/aromatic N) is 1. The van der Waals surface area contributed by atoms with Crippen molar-refractivity contribution in [1.29, 1.82) is 0 Å². The van der Waals surface area contributed by atoms with Gasteiger partial charge in [0.15, 0.2) is 0 Å². The Morgan fingerprint density at radius 2 is 1.67 bits per heavy atom. The van der Waals surface area contributed by atoms with E-state index in [-0.39, 0.29) is 23.3 Å². The Bertz CT molecular complexity index is 1040. The van der Waals surface area contributed by atoms with Gasteiger partial charge in [0.25, 0.3) is 5.56 Å². The first kappa shape index (κ1) is 19.4. The zero-order valence-electron chi connectivity index (χ0n) is 14.0. The minimum Gasteiger partial charge on any atom is -0.356 e. The van der Waals surface area contributed by atoms with Crippen LogP contribution in [0.25, 0.3) is 0 Å². The SMILES string of the molecule is O=c1[nH]c(=O)n(COCc2ccccc2)c(Cc2cc(F)cc(F)c2)c1I. The van der Waals surface area contributed by atoms with Crippen molar-refractivity contribution >= 4 is 22.6 Å². The second-order valence-corrected chi connectivity index (χ2v) is 6.94. The molecule has 0 radical (unpaired) electrons. The molecule has 0 aliphatic heterocycles. The third kappa shape index (κ3) is 4.89. The summed E-state index contributed by atoms with van der Waals surface area (Å²) < 4.78 is 34.1. The largest absolute Gasteiger partial charge is 0.356 e. The lowest BCUT2D eigenvalue weighted by Gasteiger charge is -2.14. The fraction of sp³-hybridized carbons (Fsp3) is 0.158. The van der Waals surface area contributed by atoms with Crippen molar-refractivity contribution in [2.45, 2.75) is 19.8 Å². The number of hydrogen-bond acceptors (Lipinski definition) is 3. The Balaban J connectivity index is 1.89. The second kappa shape index (κ2) is 8.57. The number of aromatic nitrogens is 2. The van der Waals surface area contributed by atoms with Gasteiger partial charge in [0.05, 0.1) is 10.2 Å². The molecule has 1 heterocycles. The van der Waals surface area contributed by atoms with Gasteiger partial charge in [0.2, 0.25) is 0 Å². The van der Waals surface area contributed by atoms with Crippen LogP contribution in [0.4, 0.5) is 8.78 Å². The molecule has 1 aromatic heterocycles. The minimum atomic E-state index is -0.723. The number of ether oxygens (including phenoxy) is 1. The summed E-state index contributed by atoms with van der Waals surface area (Å²) in [5, 5.41) is 0. The van der Waals surface area contributed by atoms with E-state index in [2.05, 4.69) is 4.98 Å². The van der Waals surface area contributed by atoms with Crippen LogP contribution in [0.2, 0.25) is 0 Å². The van der Waals surface area contributed by atoms with E-state index in [0.717, 1.165) is 11.6 Å². The summed E-state index contributed by atoms with van der Waals surface area (Å²) in [6.07, 6.45) is 0.0147. The zero-order chi connectivity index (χ0) is 19.4. The number of halogens is 3. The first-order valence-corrected chi connectivity index (χ1v) is 9.10. The van der Waals surface area contributed by atoms with Gasteiger partial charge < -0.3 is 4.74 Å². The van der Waals surface area contributed by atoms with Crippen LogP contribution in [0.3, 0.4) is 0 Å². The average molecular weight is 484 g/mol. The smallest absolute Gasteiger partial charge is 0.330 e. The molecule has 0 unspecified atom stereocenters. The number of aromatic amines is 1. The van der Waals surface area contributed by atoms with Crippen LogP contribution in [0.15, 0.2) is 58.1 Å². The molecule has 27 heavy (non-hydrogen) atoms. The molecule has 3 rings (SSSR count). The molecule has 0 saturated heterocycles. The summed E-state index contributed by atoms with van der Waals surface area (Å²) in [6.45, 7) is 0.171. The highest BCUT2D eigenvalue weighted by atomic mass is 127. The predicted molar refractivity (Wildman–Crippen MR) is 104 cm³/mol. The molecule has 0 aliphatic carbocycles. The summed E-state index contributed by atoms with van der Waals surface area (Å²) >= 11 is 1.81. The molecule has 0 atom stereocenters. The molecule has 140 valence electrons. The highest BCUT2D eigenvalue weighted by molar-refractivity contribution is 14.1. The fourth-order valence-electron chi connectivity index (χ4n) is 2.64. The van der Waals surface area contributed by atoms with Crippen LogP contribution >= 0.6 is 22.6 Å². The topological polar surface area (TPSA) is 64.1 Å². The summed E-state index contributed by atoms with van der Waals surface area (Å²) in [6, 6.07) is 12.5. The van der Waals surface area contributed by atoms with E-state index in [4.69, 9.17) is 4.74 Å². The van der Waals surface area contributed by atoms with E-state index in [0.29, 0.717) is 11.3 Å². The summed E-state index contributed by atoms with van der Waals surface area (Å²) in [4.78, 5) is 26.4. The molecular formula is C19H15F2IN2O3. The second-order valence-electron chi connectivity index (χ2n) is 5.87. The van der Waals surface area contributed by atoms with Gasteiger partial charge in [0.1, 0.15) is 18.4 Å². The number of benzene rings is 2. The summed E-state index contributed by atoms with van der Waals surface area (Å²) in [7, 11) is 0. The van der Waals surface area contributed by atoms with Gasteiger partial charge in [-0.15, -0.1) is 0 Å². The third-order valence-corrected chi connectivity index (χ3v) is 4.98. The molecule has 3 aromatic rings. The van der Waals surface area contributed by atoms with Crippen molar-refractivity contribution in [3.05, 3.63) is 101 Å². The van der Waals surface area contributed by atoms with Gasteiger partial charge in [-0.1, -0.05) is 30.3 Å². The van der Waals surface area contributed by atoms with Crippen molar-refractivity contribution in [2.24, 2.45) is 0 Å². The van der Waals surface area contributed by atoms with Crippen LogP contribution in [0, 0.1) is 15.2 Å². The highest BCUT2D eigenvalue weighted by Gasteiger charge is 2.14. The van der Waals surface area contributed by atoms with Gasteiger partial charge in [0, 0.05) is 18.2 Å². The molecule has 0 spiro atoms. The predicted octanol–water partition coefficient (Wildman–Crippen LogP) is 3.18. The van der Waals surface area contributed by atoms with Gasteiger partial charge >= 0.3 is 5.69 Å². The van der Waals surface area contributed by atoms with E-state index in [1.165, 1.54) is 16.7 Å². The van der Waals surface area contributed by atoms with E-state index in [1.54, 1.807) is 0 Å². The standard InChI is InChI=1S/C19H15F2IN2O3/c20-14-6-13(7-15(21)9-14)8-16-17(22)18(25)23-19(26)24(16)11-27-10-12-4-2-1-3-5-12/h1-7,9H,8,10-11H2,(H,23,25,26). The maximum Gasteiger partial charge on any atom is 0.330 e. The first-order chi connectivity index (χ1) is 12.9. The quantitative estimate of drug-likeness (QED) is 0.547. The lowest BCUT2D eigenvalue weighted by molar-refractivity contribution is 0.0589. The zero-order valence-corrected chi connectivity index (χ0v) is 16.2. The van der Waals surface area contributed by atoms with Gasteiger partial charge in [-0.2, -0.15) is 0 Å². The molecule has 8 heteroatoms. The van der Waals surface area contributed by atoms with Crippen molar-refractivity contribution < 1.29 is 13.5 Å². The fourth-order valence-corrected chi connectivity index (χ4v) is 3.25. The summed E-state index contributed by atoms with van der Waals surface area (Å²) in [5.41, 5.74) is 0.389. The molecule has 5 nitrogen and oxygen atoms in total. The van der Waals surface area contributed by atoms with Crippen molar-refractivity contribution in [3.8, 4) is 0 Å². The minimum absolute atomic E-state index is 0.0147. The van der Waals surface area contributed by atoms with Crippen LogP contribution < -0.4 is 11.2 Å². The van der Waals surface area contributed by atoms with Crippen molar-refractivity contribution in [1.82, 2.24) is 9.55 Å². The number of nitrogens with one attached hydrogen (secondary N) is 1. The Kier molecular flexibility index (Phi) is 6.17. The van der Waals surface area contributed by atoms with Crippen LogP contribution in [-0.2, 0) is 24.5 Å². The van der Waals surface area contributed by atoms with Gasteiger partial charge in [-0.25, -0.2) is 13.6 Å². The monoisotopic (exact) mass is 484 g/mol. The highest BCUT2D eigenvalue weighted by Crippen LogP contribution is 2.15. The van der Waals surface area contributed by atoms with Crippen molar-refractivity contribution in [3.63, 3.8) is 0 Å². The molecular weight excluding hydrogens is 469 g/mol. The summed E-state index contributed by atoms with van der Waals surface area (Å²) in [5.74, 6) is -1.45. The average Bonchev–Trinajstić information content (AvgIpc) is 2.62. The van der Waals surface area contributed by atoms with Gasteiger partial charge in [-0.3, -0.25) is 14.3 Å². The van der Waals surface area contributed by atoms with E-state index < -0.39 is 22.9 Å². The van der Waals surface area contributed by atoms with Crippen molar-refractivity contribution in [2.75, 3.05) is 0 Å². The normalized spacial score (nSPS) is 10.9. The Labute approximate surface area is 166 Å². The first-order valence-electron chi connectivity index (χ1n) is 8.02. The molecule has 0 fully saturated rings. The number of rotatable bonds is 6. The van der Waals surface area contributed by atoms with Gasteiger partial charge in [-0.05, 0) is 45.9 Å². The van der Waals surface area contributed by atoms with Crippen LogP contribution in [0.5, 0.6) is 0 Å². The number of hydrogen-bond donors (Lipinski definition) is 1. The number of H-pyrrole nitrogens is 1. The van der Waals surface area contributed by atoms with E-state index in [1.807, 2.05) is 52.9 Å². The Morgan fingerprint density at radius 3 is 2.33 bits per heavy atom. The lowest BCUT2D eigenvalue weighted by atomic mass is 10.1. The molecule has 0 saturated carbocycles. The van der Waals surface area contributed by atoms with E-state index in [9.17, 15) is 18.4 Å². The Hall–Kier alpha value is -2.33. The molecule has 0 aliphatic rings. The maximum atomic E-state index is 13.5. The third-order valence-electron chi connectivity index (χ3n) is 3.87. The molecule has 1 N–H and O–H groups in total.